The Labute approximate surface area is 147 Å². The zero-order valence-corrected chi connectivity index (χ0v) is 15.6. The lowest BCUT2D eigenvalue weighted by Crippen LogP contribution is -2.46. The Kier molecular flexibility index (Phi) is 4.03. The third kappa shape index (κ3) is 2.86. The van der Waals surface area contributed by atoms with Gasteiger partial charge in [-0.25, -0.2) is 9.78 Å². The predicted molar refractivity (Wildman–Crippen MR) is 95.4 cm³/mol. The molecule has 2 heterocycles. The van der Waals surface area contributed by atoms with Crippen molar-refractivity contribution in [3.05, 3.63) is 28.5 Å². The molecule has 3 rings (SSSR count). The summed E-state index contributed by atoms with van der Waals surface area (Å²) < 4.78 is 5.58. The molecular weight excluding hydrogens is 326 g/mol. The first kappa shape index (κ1) is 17.1. The van der Waals surface area contributed by atoms with Gasteiger partial charge in [0.1, 0.15) is 17.0 Å². The maximum atomic E-state index is 12.6. The van der Waals surface area contributed by atoms with Gasteiger partial charge in [0.15, 0.2) is 0 Å². The van der Waals surface area contributed by atoms with Crippen molar-refractivity contribution in [3.63, 3.8) is 0 Å². The van der Waals surface area contributed by atoms with Crippen molar-refractivity contribution in [1.82, 2.24) is 14.9 Å². The number of aromatic nitrogens is 2. The van der Waals surface area contributed by atoms with Crippen molar-refractivity contribution in [3.8, 4) is 0 Å². The summed E-state index contributed by atoms with van der Waals surface area (Å²) in [5.41, 5.74) is 1.75. The number of nitrogens with zero attached hydrogens (tertiary/aromatic N) is 2. The van der Waals surface area contributed by atoms with E-state index >= 15 is 0 Å². The molecule has 0 bridgehead atoms. The molecular formula is C18H24ClN3O2. The van der Waals surface area contributed by atoms with E-state index in [0.717, 1.165) is 35.3 Å². The number of aryl methyl sites for hydroxylation is 1. The van der Waals surface area contributed by atoms with E-state index in [0.29, 0.717) is 11.6 Å². The highest BCUT2D eigenvalue weighted by molar-refractivity contribution is 6.32. The lowest BCUT2D eigenvalue weighted by molar-refractivity contribution is 0.00870. The number of hydrogen-bond donors (Lipinski definition) is 1. The molecule has 1 aromatic carbocycles. The second kappa shape index (κ2) is 5.66. The van der Waals surface area contributed by atoms with Gasteiger partial charge in [0.05, 0.1) is 11.0 Å². The summed E-state index contributed by atoms with van der Waals surface area (Å²) in [5.74, 6) is 0.784. The maximum Gasteiger partial charge on any atom is 0.411 e. The Morgan fingerprint density at radius 3 is 2.79 bits per heavy atom. The first-order valence-corrected chi connectivity index (χ1v) is 8.65. The number of benzene rings is 1. The number of aromatic amines is 1. The van der Waals surface area contributed by atoms with Crippen LogP contribution in [0.25, 0.3) is 11.0 Å². The molecule has 0 aliphatic carbocycles. The van der Waals surface area contributed by atoms with Gasteiger partial charge in [-0.15, -0.1) is 0 Å². The number of imidazole rings is 1. The number of fused-ring (bicyclic) bond motifs is 1. The molecule has 1 fully saturated rings. The third-order valence-corrected chi connectivity index (χ3v) is 5.03. The summed E-state index contributed by atoms with van der Waals surface area (Å²) in [6.07, 6.45) is 1.48. The predicted octanol–water partition coefficient (Wildman–Crippen LogP) is 4.77. The molecule has 1 aromatic heterocycles. The zero-order valence-electron chi connectivity index (χ0n) is 14.9. The molecule has 24 heavy (non-hydrogen) atoms. The summed E-state index contributed by atoms with van der Waals surface area (Å²) >= 11 is 6.21. The van der Waals surface area contributed by atoms with Crippen LogP contribution in [0.15, 0.2) is 12.1 Å². The van der Waals surface area contributed by atoms with Gasteiger partial charge >= 0.3 is 6.09 Å². The second-order valence-corrected chi connectivity index (χ2v) is 8.07. The molecule has 5 nitrogen and oxygen atoms in total. The van der Waals surface area contributed by atoms with Crippen LogP contribution in [0.3, 0.4) is 0 Å². The largest absolute Gasteiger partial charge is 0.444 e. The van der Waals surface area contributed by atoms with E-state index in [1.54, 1.807) is 4.90 Å². The highest BCUT2D eigenvalue weighted by atomic mass is 35.5. The van der Waals surface area contributed by atoms with Crippen LogP contribution in [-0.2, 0) is 10.3 Å². The van der Waals surface area contributed by atoms with Gasteiger partial charge in [-0.2, -0.15) is 0 Å². The van der Waals surface area contributed by atoms with Gasteiger partial charge in [-0.05, 0) is 65.2 Å². The number of likely N-dealkylation sites (tertiary alicyclic amines) is 1. The van der Waals surface area contributed by atoms with Crippen molar-refractivity contribution in [2.45, 2.75) is 58.6 Å². The van der Waals surface area contributed by atoms with Crippen molar-refractivity contribution < 1.29 is 9.53 Å². The number of H-pyrrole nitrogens is 1. The molecule has 0 radical (unpaired) electrons. The Balaban J connectivity index is 2.00. The lowest BCUT2D eigenvalue weighted by atomic mass is 9.98. The topological polar surface area (TPSA) is 58.2 Å². The average molecular weight is 350 g/mol. The Morgan fingerprint density at radius 1 is 1.42 bits per heavy atom. The fourth-order valence-corrected chi connectivity index (χ4v) is 3.42. The van der Waals surface area contributed by atoms with E-state index in [1.165, 1.54) is 0 Å². The third-order valence-electron chi connectivity index (χ3n) is 4.62. The maximum absolute atomic E-state index is 12.6. The molecule has 6 heteroatoms. The van der Waals surface area contributed by atoms with Crippen molar-refractivity contribution in [2.24, 2.45) is 0 Å². The molecule has 1 saturated heterocycles. The Morgan fingerprint density at radius 2 is 2.12 bits per heavy atom. The summed E-state index contributed by atoms with van der Waals surface area (Å²) in [4.78, 5) is 22.5. The van der Waals surface area contributed by atoms with Crippen molar-refractivity contribution in [1.29, 1.82) is 0 Å². The normalized spacial score (nSPS) is 21.5. The number of halogens is 1. The van der Waals surface area contributed by atoms with Crippen LogP contribution in [0.5, 0.6) is 0 Å². The molecule has 1 N–H and O–H groups in total. The van der Waals surface area contributed by atoms with Gasteiger partial charge in [-0.1, -0.05) is 11.6 Å². The number of nitrogens with one attached hydrogen (secondary N) is 1. The van der Waals surface area contributed by atoms with Crippen molar-refractivity contribution >= 4 is 28.7 Å². The molecule has 130 valence electrons. The standard InChI is InChI=1S/C18H24ClN3O2/c1-11-12(19)7-8-13-14(11)21-15(20-13)18(5)9-6-10-22(18)16(23)24-17(2,3)4/h7-8H,6,9-10H2,1-5H3,(H,20,21)/t18-/m0/s1. The minimum Gasteiger partial charge on any atom is -0.444 e. The fourth-order valence-electron chi connectivity index (χ4n) is 3.26. The average Bonchev–Trinajstić information content (AvgIpc) is 3.06. The monoisotopic (exact) mass is 349 g/mol. The summed E-state index contributed by atoms with van der Waals surface area (Å²) in [7, 11) is 0. The van der Waals surface area contributed by atoms with Gasteiger partial charge in [0.2, 0.25) is 0 Å². The minimum absolute atomic E-state index is 0.294. The molecule has 1 amide bonds. The summed E-state index contributed by atoms with van der Waals surface area (Å²) in [5, 5.41) is 0.707. The lowest BCUT2D eigenvalue weighted by Gasteiger charge is -2.34. The SMILES string of the molecule is Cc1c(Cl)ccc2nc([C@]3(C)CCCN3C(=O)OC(C)(C)C)[nH]c12. The van der Waals surface area contributed by atoms with Gasteiger partial charge < -0.3 is 9.72 Å². The van der Waals surface area contributed by atoms with Gasteiger partial charge in [0, 0.05) is 11.6 Å². The van der Waals surface area contributed by atoms with E-state index in [4.69, 9.17) is 21.3 Å². The van der Waals surface area contributed by atoms with Crippen LogP contribution in [0.1, 0.15) is 51.9 Å². The fraction of sp³-hybridized carbons (Fsp3) is 0.556. The molecule has 0 unspecified atom stereocenters. The van der Waals surface area contributed by atoms with E-state index < -0.39 is 11.1 Å². The van der Waals surface area contributed by atoms with Crippen LogP contribution < -0.4 is 0 Å². The smallest absolute Gasteiger partial charge is 0.411 e. The Bertz CT molecular complexity index is 793. The highest BCUT2D eigenvalue weighted by Gasteiger charge is 2.45. The summed E-state index contributed by atoms with van der Waals surface area (Å²) in [6, 6.07) is 3.76. The molecule has 0 saturated carbocycles. The van der Waals surface area contributed by atoms with E-state index in [1.807, 2.05) is 46.8 Å². The first-order chi connectivity index (χ1) is 11.1. The summed E-state index contributed by atoms with van der Waals surface area (Å²) in [6.45, 7) is 10.3. The number of rotatable bonds is 1. The number of amides is 1. The van der Waals surface area contributed by atoms with Crippen LogP contribution in [0.2, 0.25) is 5.02 Å². The molecule has 0 spiro atoms. The quantitative estimate of drug-likeness (QED) is 0.806. The zero-order chi connectivity index (χ0) is 17.7. The van der Waals surface area contributed by atoms with Gasteiger partial charge in [-0.3, -0.25) is 4.90 Å². The van der Waals surface area contributed by atoms with E-state index in [-0.39, 0.29) is 6.09 Å². The molecule has 1 aliphatic heterocycles. The number of hydrogen-bond acceptors (Lipinski definition) is 3. The van der Waals surface area contributed by atoms with Crippen LogP contribution in [0.4, 0.5) is 4.79 Å². The van der Waals surface area contributed by atoms with Gasteiger partial charge in [0.25, 0.3) is 0 Å². The van der Waals surface area contributed by atoms with Crippen LogP contribution in [-0.4, -0.2) is 33.1 Å². The molecule has 2 aromatic rings. The molecule has 1 atom stereocenters. The first-order valence-electron chi connectivity index (χ1n) is 8.28. The Hall–Kier alpha value is -1.75. The van der Waals surface area contributed by atoms with E-state index in [9.17, 15) is 4.79 Å². The van der Waals surface area contributed by atoms with Crippen molar-refractivity contribution in [2.75, 3.05) is 6.54 Å². The highest BCUT2D eigenvalue weighted by Crippen LogP contribution is 2.39. The molecule has 1 aliphatic rings. The second-order valence-electron chi connectivity index (χ2n) is 7.66. The van der Waals surface area contributed by atoms with Crippen LogP contribution in [0, 0.1) is 6.92 Å². The number of carbonyl (C=O) groups is 1. The van der Waals surface area contributed by atoms with Crippen LogP contribution >= 0.6 is 11.6 Å². The van der Waals surface area contributed by atoms with E-state index in [2.05, 4.69) is 4.98 Å². The number of carbonyl (C=O) groups excluding carboxylic acids is 1. The minimum atomic E-state index is -0.515. The number of ether oxygens (including phenoxy) is 1.